The number of rotatable bonds is 6. The van der Waals surface area contributed by atoms with E-state index in [1.165, 1.54) is 19.6 Å². The summed E-state index contributed by atoms with van der Waals surface area (Å²) in [5.74, 6) is 0.397. The highest BCUT2D eigenvalue weighted by molar-refractivity contribution is 5.11. The van der Waals surface area contributed by atoms with Crippen molar-refractivity contribution < 1.29 is 0 Å². The van der Waals surface area contributed by atoms with Crippen molar-refractivity contribution in [3.05, 3.63) is 0 Å². The molecule has 21 heavy (non-hydrogen) atoms. The molecule has 5 nitrogen and oxygen atoms in total. The molecule has 0 bridgehead atoms. The summed E-state index contributed by atoms with van der Waals surface area (Å²) in [5.41, 5.74) is 5.67. The molecule has 1 saturated carbocycles. The molecule has 2 N–H and O–H groups in total. The standard InChI is InChI=1S/C16H31N5/c1-19(2)8-9-21-12-10-20(11-13-21)7-5-15-4-3-6-16(15,18)14-17/h15H,3-13,18H2,1-2H3. The van der Waals surface area contributed by atoms with Crippen LogP contribution in [0.3, 0.4) is 0 Å². The van der Waals surface area contributed by atoms with Gasteiger partial charge in [0.15, 0.2) is 0 Å². The van der Waals surface area contributed by atoms with Crippen LogP contribution >= 0.6 is 0 Å². The Kier molecular flexibility index (Phi) is 6.00. The fourth-order valence-electron chi connectivity index (χ4n) is 3.57. The number of piperazine rings is 1. The lowest BCUT2D eigenvalue weighted by Gasteiger charge is -2.36. The maximum absolute atomic E-state index is 9.27. The Morgan fingerprint density at radius 1 is 1.19 bits per heavy atom. The molecule has 1 aliphatic carbocycles. The molecule has 0 aromatic carbocycles. The van der Waals surface area contributed by atoms with Gasteiger partial charge in [0.25, 0.3) is 0 Å². The zero-order valence-corrected chi connectivity index (χ0v) is 13.7. The van der Waals surface area contributed by atoms with Crippen molar-refractivity contribution in [1.29, 1.82) is 5.26 Å². The minimum absolute atomic E-state index is 0.397. The zero-order valence-electron chi connectivity index (χ0n) is 13.7. The SMILES string of the molecule is CN(C)CCN1CCN(CCC2CCCC2(N)C#N)CC1. The largest absolute Gasteiger partial charge is 0.313 e. The van der Waals surface area contributed by atoms with Crippen molar-refractivity contribution in [2.45, 2.75) is 31.2 Å². The Hall–Kier alpha value is -0.670. The number of nitrogens with zero attached hydrogens (tertiary/aromatic N) is 4. The van der Waals surface area contributed by atoms with Crippen LogP contribution in [0, 0.1) is 17.2 Å². The molecule has 120 valence electrons. The molecular formula is C16H31N5. The molecule has 2 rings (SSSR count). The molecule has 2 unspecified atom stereocenters. The molecule has 0 amide bonds. The minimum atomic E-state index is -0.548. The van der Waals surface area contributed by atoms with Crippen LogP contribution in [-0.2, 0) is 0 Å². The fraction of sp³-hybridized carbons (Fsp3) is 0.938. The lowest BCUT2D eigenvalue weighted by Crippen LogP contribution is -2.49. The average Bonchev–Trinajstić information content (AvgIpc) is 2.86. The van der Waals surface area contributed by atoms with Crippen LogP contribution in [0.1, 0.15) is 25.7 Å². The minimum Gasteiger partial charge on any atom is -0.313 e. The van der Waals surface area contributed by atoms with E-state index in [2.05, 4.69) is 34.9 Å². The molecule has 1 heterocycles. The fourth-order valence-corrected chi connectivity index (χ4v) is 3.57. The van der Waals surface area contributed by atoms with E-state index in [1.54, 1.807) is 0 Å². The first-order valence-corrected chi connectivity index (χ1v) is 8.33. The highest BCUT2D eigenvalue weighted by Crippen LogP contribution is 2.35. The van der Waals surface area contributed by atoms with Crippen LogP contribution in [0.15, 0.2) is 0 Å². The van der Waals surface area contributed by atoms with E-state index in [4.69, 9.17) is 5.73 Å². The van der Waals surface area contributed by atoms with Crippen LogP contribution in [0.5, 0.6) is 0 Å². The van der Waals surface area contributed by atoms with Gasteiger partial charge in [0.2, 0.25) is 0 Å². The van der Waals surface area contributed by atoms with Crippen molar-refractivity contribution in [3.8, 4) is 6.07 Å². The number of likely N-dealkylation sites (N-methyl/N-ethyl adjacent to an activating group) is 1. The summed E-state index contributed by atoms with van der Waals surface area (Å²) in [5, 5.41) is 9.27. The molecule has 2 aliphatic rings. The van der Waals surface area contributed by atoms with Gasteiger partial charge < -0.3 is 15.5 Å². The van der Waals surface area contributed by atoms with Gasteiger partial charge in [-0.2, -0.15) is 5.26 Å². The number of hydrogen-bond donors (Lipinski definition) is 1. The third-order valence-corrected chi connectivity index (χ3v) is 5.20. The second kappa shape index (κ2) is 7.55. The van der Waals surface area contributed by atoms with Gasteiger partial charge in [-0.05, 0) is 45.8 Å². The van der Waals surface area contributed by atoms with Gasteiger partial charge in [0, 0.05) is 39.3 Å². The Bertz CT molecular complexity index is 356. The maximum Gasteiger partial charge on any atom is 0.107 e. The Labute approximate surface area is 129 Å². The van der Waals surface area contributed by atoms with Crippen LogP contribution < -0.4 is 5.73 Å². The smallest absolute Gasteiger partial charge is 0.107 e. The molecule has 2 fully saturated rings. The van der Waals surface area contributed by atoms with Crippen LogP contribution in [-0.4, -0.2) is 80.1 Å². The third kappa shape index (κ3) is 4.65. The molecule has 0 radical (unpaired) electrons. The second-order valence-electron chi connectivity index (χ2n) is 7.02. The summed E-state index contributed by atoms with van der Waals surface area (Å²) in [6.45, 7) is 8.07. The molecule has 0 aromatic rings. The van der Waals surface area contributed by atoms with Gasteiger partial charge in [-0.1, -0.05) is 6.42 Å². The van der Waals surface area contributed by atoms with E-state index >= 15 is 0 Å². The van der Waals surface area contributed by atoms with Crippen LogP contribution in [0.4, 0.5) is 0 Å². The summed E-state index contributed by atoms with van der Waals surface area (Å²) < 4.78 is 0. The second-order valence-corrected chi connectivity index (χ2v) is 7.02. The van der Waals surface area contributed by atoms with E-state index in [1.807, 2.05) is 0 Å². The topological polar surface area (TPSA) is 59.5 Å². The maximum atomic E-state index is 9.27. The summed E-state index contributed by atoms with van der Waals surface area (Å²) in [6.07, 6.45) is 4.22. The molecule has 5 heteroatoms. The van der Waals surface area contributed by atoms with E-state index in [9.17, 15) is 5.26 Å². The van der Waals surface area contributed by atoms with E-state index in [0.29, 0.717) is 5.92 Å². The third-order valence-electron chi connectivity index (χ3n) is 5.20. The van der Waals surface area contributed by atoms with Crippen LogP contribution in [0.2, 0.25) is 0 Å². The molecule has 0 aromatic heterocycles. The van der Waals surface area contributed by atoms with Gasteiger partial charge in [-0.25, -0.2) is 0 Å². The molecule has 2 atom stereocenters. The van der Waals surface area contributed by atoms with Crippen molar-refractivity contribution in [2.75, 3.05) is 59.9 Å². The Balaban J connectivity index is 1.66. The lowest BCUT2D eigenvalue weighted by atomic mass is 9.87. The summed E-state index contributed by atoms with van der Waals surface area (Å²) in [6, 6.07) is 2.36. The molecule has 1 saturated heterocycles. The highest BCUT2D eigenvalue weighted by Gasteiger charge is 2.39. The molecular weight excluding hydrogens is 262 g/mol. The van der Waals surface area contributed by atoms with E-state index in [0.717, 1.165) is 51.9 Å². The van der Waals surface area contributed by atoms with Crippen molar-refractivity contribution in [1.82, 2.24) is 14.7 Å². The summed E-state index contributed by atoms with van der Waals surface area (Å²) in [4.78, 5) is 7.34. The number of hydrogen-bond acceptors (Lipinski definition) is 5. The first-order valence-electron chi connectivity index (χ1n) is 8.33. The number of nitriles is 1. The van der Waals surface area contributed by atoms with Crippen molar-refractivity contribution in [2.24, 2.45) is 11.7 Å². The first kappa shape index (κ1) is 16.7. The Morgan fingerprint density at radius 3 is 2.38 bits per heavy atom. The summed E-state index contributed by atoms with van der Waals surface area (Å²) in [7, 11) is 4.26. The lowest BCUT2D eigenvalue weighted by molar-refractivity contribution is 0.118. The first-order chi connectivity index (χ1) is 10.0. The van der Waals surface area contributed by atoms with E-state index in [-0.39, 0.29) is 0 Å². The average molecular weight is 293 g/mol. The summed E-state index contributed by atoms with van der Waals surface area (Å²) >= 11 is 0. The van der Waals surface area contributed by atoms with Crippen molar-refractivity contribution in [3.63, 3.8) is 0 Å². The van der Waals surface area contributed by atoms with E-state index < -0.39 is 5.54 Å². The quantitative estimate of drug-likeness (QED) is 0.776. The van der Waals surface area contributed by atoms with Gasteiger partial charge in [-0.3, -0.25) is 4.90 Å². The van der Waals surface area contributed by atoms with Gasteiger partial charge in [0.1, 0.15) is 5.54 Å². The van der Waals surface area contributed by atoms with Gasteiger partial charge in [0.05, 0.1) is 6.07 Å². The molecule has 1 aliphatic heterocycles. The predicted molar refractivity (Wildman–Crippen MR) is 85.9 cm³/mol. The monoisotopic (exact) mass is 293 g/mol. The van der Waals surface area contributed by atoms with Gasteiger partial charge >= 0.3 is 0 Å². The van der Waals surface area contributed by atoms with Crippen LogP contribution in [0.25, 0.3) is 0 Å². The zero-order chi connectivity index (χ0) is 15.3. The van der Waals surface area contributed by atoms with Crippen molar-refractivity contribution >= 4 is 0 Å². The van der Waals surface area contributed by atoms with Gasteiger partial charge in [-0.15, -0.1) is 0 Å². The highest BCUT2D eigenvalue weighted by atomic mass is 15.3. The normalized spacial score (nSPS) is 31.7. The number of nitrogens with two attached hydrogens (primary N) is 1. The molecule has 0 spiro atoms. The Morgan fingerprint density at radius 2 is 1.81 bits per heavy atom. The predicted octanol–water partition coefficient (Wildman–Crippen LogP) is 0.577.